The molecule has 1 N–H and O–H groups in total. The number of nitrogens with zero attached hydrogens (tertiary/aromatic N) is 5. The number of ether oxygens (including phenoxy) is 1. The number of para-hydroxylation sites is 1. The summed E-state index contributed by atoms with van der Waals surface area (Å²) in [4.78, 5) is 11.7. The first-order valence-electron chi connectivity index (χ1n) is 11.4. The van der Waals surface area contributed by atoms with Crippen LogP contribution in [0.15, 0.2) is 47.4 Å². The maximum absolute atomic E-state index is 12.7. The number of benzene rings is 2. The van der Waals surface area contributed by atoms with Crippen LogP contribution < -0.4 is 14.3 Å². The van der Waals surface area contributed by atoms with Gasteiger partial charge in [-0.25, -0.2) is 16.8 Å². The number of rotatable bonds is 6. The quantitative estimate of drug-likeness (QED) is 0.329. The third-order valence-corrected chi connectivity index (χ3v) is 8.64. The van der Waals surface area contributed by atoms with Gasteiger partial charge in [-0.05, 0) is 37.3 Å². The predicted octanol–water partition coefficient (Wildman–Crippen LogP) is 2.91. The lowest BCUT2D eigenvalue weighted by Crippen LogP contribution is -2.19. The van der Waals surface area contributed by atoms with Crippen molar-refractivity contribution in [1.29, 1.82) is 0 Å². The van der Waals surface area contributed by atoms with E-state index in [0.29, 0.717) is 11.4 Å². The standard InChI is InChI=1S/C23H23ClN6O7S2/c1-5-39(33,34)28-23-26-25-22-15-12-16(29(2)27-15)21(14-10-9-13(24)11-19(14)38(4,31)32)37-36-18-8-6-7-17(35-3)20(18)30(22)23/h6-12,21H,5H2,1-4H3,(H,26,28)/t21-/m0/s1. The van der Waals surface area contributed by atoms with Gasteiger partial charge in [0.2, 0.25) is 16.0 Å². The van der Waals surface area contributed by atoms with Gasteiger partial charge in [0.05, 0.1) is 23.5 Å². The van der Waals surface area contributed by atoms with Crippen molar-refractivity contribution in [3.63, 3.8) is 0 Å². The van der Waals surface area contributed by atoms with Crippen molar-refractivity contribution in [3.05, 3.63) is 58.7 Å². The SMILES string of the molecule is CCS(=O)(=O)Nc1nnc2n1-c1c(OC)cccc1OO[C@@H](c1ccc(Cl)cc1S(C)(=O)=O)c1cc-2nn1C. The summed E-state index contributed by atoms with van der Waals surface area (Å²) in [6.45, 7) is 1.49. The fourth-order valence-electron chi connectivity index (χ4n) is 4.14. The second-order valence-electron chi connectivity index (χ2n) is 8.59. The molecule has 1 atom stereocenters. The Hall–Kier alpha value is -3.66. The van der Waals surface area contributed by atoms with Crippen LogP contribution in [0.4, 0.5) is 5.95 Å². The normalized spacial score (nSPS) is 15.2. The van der Waals surface area contributed by atoms with Gasteiger partial charge < -0.3 is 9.62 Å². The molecule has 0 radical (unpaired) electrons. The number of methoxy groups -OCH3 is 1. The number of anilines is 1. The molecule has 13 nitrogen and oxygen atoms in total. The van der Waals surface area contributed by atoms with Gasteiger partial charge in [0.25, 0.3) is 0 Å². The molecule has 5 rings (SSSR count). The Morgan fingerprint density at radius 2 is 1.90 bits per heavy atom. The lowest BCUT2D eigenvalue weighted by Gasteiger charge is -2.22. The summed E-state index contributed by atoms with van der Waals surface area (Å²) in [6.07, 6.45) is -0.0100. The molecular weight excluding hydrogens is 572 g/mol. The highest BCUT2D eigenvalue weighted by Crippen LogP contribution is 2.41. The fourth-order valence-corrected chi connectivity index (χ4v) is 5.87. The van der Waals surface area contributed by atoms with Crippen molar-refractivity contribution in [3.8, 4) is 28.7 Å². The van der Waals surface area contributed by atoms with Crippen molar-refractivity contribution in [2.75, 3.05) is 23.8 Å². The first-order valence-corrected chi connectivity index (χ1v) is 15.4. The van der Waals surface area contributed by atoms with Crippen molar-refractivity contribution >= 4 is 37.4 Å². The van der Waals surface area contributed by atoms with Crippen LogP contribution in [0.5, 0.6) is 11.5 Å². The van der Waals surface area contributed by atoms with E-state index in [1.165, 1.54) is 35.4 Å². The van der Waals surface area contributed by atoms with Crippen LogP contribution in [0.1, 0.15) is 24.3 Å². The van der Waals surface area contributed by atoms with E-state index in [-0.39, 0.29) is 50.2 Å². The Kier molecular flexibility index (Phi) is 6.78. The molecule has 0 saturated heterocycles. The average Bonchev–Trinajstić information content (AvgIpc) is 3.46. The fraction of sp³-hybridized carbons (Fsp3) is 0.261. The van der Waals surface area contributed by atoms with E-state index in [1.54, 1.807) is 37.4 Å². The molecule has 2 aromatic heterocycles. The first-order chi connectivity index (χ1) is 18.4. The molecule has 0 fully saturated rings. The third-order valence-electron chi connectivity index (χ3n) is 6.00. The number of aromatic nitrogens is 5. The summed E-state index contributed by atoms with van der Waals surface area (Å²) in [5.41, 5.74) is 1.19. The van der Waals surface area contributed by atoms with E-state index in [9.17, 15) is 16.8 Å². The van der Waals surface area contributed by atoms with Gasteiger partial charge in [-0.3, -0.25) is 14.0 Å². The Morgan fingerprint density at radius 3 is 2.59 bits per heavy atom. The maximum atomic E-state index is 12.7. The van der Waals surface area contributed by atoms with Gasteiger partial charge in [0.1, 0.15) is 17.1 Å². The Labute approximate surface area is 229 Å². The molecule has 39 heavy (non-hydrogen) atoms. The lowest BCUT2D eigenvalue weighted by atomic mass is 10.1. The van der Waals surface area contributed by atoms with E-state index in [0.717, 1.165) is 6.26 Å². The van der Waals surface area contributed by atoms with E-state index in [2.05, 4.69) is 20.0 Å². The van der Waals surface area contributed by atoms with E-state index >= 15 is 0 Å². The zero-order valence-corrected chi connectivity index (χ0v) is 23.5. The zero-order valence-electron chi connectivity index (χ0n) is 21.1. The third kappa shape index (κ3) is 4.93. The van der Waals surface area contributed by atoms with Gasteiger partial charge >= 0.3 is 0 Å². The van der Waals surface area contributed by atoms with Gasteiger partial charge in [-0.2, -0.15) is 9.99 Å². The topological polar surface area (TPSA) is 157 Å². The van der Waals surface area contributed by atoms with Crippen LogP contribution in [-0.4, -0.2) is 60.5 Å². The number of aryl methyl sites for hydroxylation is 1. The minimum Gasteiger partial charge on any atom is -0.494 e. The van der Waals surface area contributed by atoms with E-state index < -0.39 is 26.0 Å². The predicted molar refractivity (Wildman–Crippen MR) is 141 cm³/mol. The molecule has 206 valence electrons. The second-order valence-corrected chi connectivity index (χ2v) is 13.0. The van der Waals surface area contributed by atoms with Crippen LogP contribution >= 0.6 is 11.6 Å². The minimum absolute atomic E-state index is 0.0475. The van der Waals surface area contributed by atoms with E-state index in [4.69, 9.17) is 26.1 Å². The van der Waals surface area contributed by atoms with Crippen molar-refractivity contribution in [2.24, 2.45) is 7.05 Å². The van der Waals surface area contributed by atoms with Crippen molar-refractivity contribution in [2.45, 2.75) is 17.9 Å². The van der Waals surface area contributed by atoms with Crippen molar-refractivity contribution in [1.82, 2.24) is 24.5 Å². The van der Waals surface area contributed by atoms with Crippen LogP contribution in [0, 0.1) is 0 Å². The molecule has 0 saturated carbocycles. The molecular formula is C23H23ClN6O7S2. The second kappa shape index (κ2) is 9.82. The number of nitrogens with one attached hydrogen (secondary N) is 1. The largest absolute Gasteiger partial charge is 0.494 e. The highest BCUT2D eigenvalue weighted by Gasteiger charge is 2.33. The average molecular weight is 595 g/mol. The van der Waals surface area contributed by atoms with Crippen LogP contribution in [0.25, 0.3) is 17.2 Å². The van der Waals surface area contributed by atoms with Crippen molar-refractivity contribution < 1.29 is 31.3 Å². The summed E-state index contributed by atoms with van der Waals surface area (Å²) in [5.74, 6) is 0.234. The molecule has 1 aliphatic rings. The monoisotopic (exact) mass is 594 g/mol. The summed E-state index contributed by atoms with van der Waals surface area (Å²) >= 11 is 6.13. The van der Waals surface area contributed by atoms with Gasteiger partial charge in [-0.15, -0.1) is 10.2 Å². The van der Waals surface area contributed by atoms with Crippen LogP contribution in [0.2, 0.25) is 5.02 Å². The molecule has 3 heterocycles. The molecule has 1 aliphatic heterocycles. The highest BCUT2D eigenvalue weighted by molar-refractivity contribution is 7.92. The molecule has 0 amide bonds. The molecule has 2 aromatic carbocycles. The number of hydrogen-bond acceptors (Lipinski definition) is 10. The smallest absolute Gasteiger partial charge is 0.243 e. The zero-order chi connectivity index (χ0) is 28.1. The van der Waals surface area contributed by atoms with Crippen LogP contribution in [-0.2, 0) is 31.8 Å². The number of fused-ring (bicyclic) bond motifs is 6. The Morgan fingerprint density at radius 1 is 1.13 bits per heavy atom. The molecule has 0 spiro atoms. The highest BCUT2D eigenvalue weighted by atomic mass is 35.5. The number of halogens is 1. The number of sulfonamides is 1. The van der Waals surface area contributed by atoms with E-state index in [1.807, 2.05) is 0 Å². The van der Waals surface area contributed by atoms with Gasteiger partial charge in [0.15, 0.2) is 27.5 Å². The maximum Gasteiger partial charge on any atom is 0.243 e. The first kappa shape index (κ1) is 26.9. The molecule has 0 aliphatic carbocycles. The summed E-state index contributed by atoms with van der Waals surface area (Å²) in [6, 6.07) is 10.9. The summed E-state index contributed by atoms with van der Waals surface area (Å²) in [7, 11) is -4.41. The van der Waals surface area contributed by atoms with Gasteiger partial charge in [0, 0.05) is 23.9 Å². The molecule has 0 unspecified atom stereocenters. The Bertz CT molecular complexity index is 1800. The van der Waals surface area contributed by atoms with Crippen LogP contribution in [0.3, 0.4) is 0 Å². The Balaban J connectivity index is 1.80. The lowest BCUT2D eigenvalue weighted by molar-refractivity contribution is -0.238. The van der Waals surface area contributed by atoms with Gasteiger partial charge in [-0.1, -0.05) is 23.7 Å². The number of sulfone groups is 1. The molecule has 2 bridgehead atoms. The molecule has 16 heteroatoms. The number of hydrogen-bond donors (Lipinski definition) is 1. The summed E-state index contributed by atoms with van der Waals surface area (Å²) < 4.78 is 61.2. The summed E-state index contributed by atoms with van der Waals surface area (Å²) in [5, 5.41) is 13.1. The minimum atomic E-state index is -3.75. The molecule has 4 aromatic rings.